The molecule has 0 aliphatic carbocycles. The first-order valence-corrected chi connectivity index (χ1v) is 31.3. The minimum atomic E-state index is -0.935. The van der Waals surface area contributed by atoms with Gasteiger partial charge in [-0.25, -0.2) is 0 Å². The Balaban J connectivity index is 4.68. The van der Waals surface area contributed by atoms with E-state index in [9.17, 15) is 63.2 Å². The number of nitrogens with zero attached hydrogens (tertiary/aromatic N) is 2. The van der Waals surface area contributed by atoms with Crippen molar-refractivity contribution in [2.45, 2.75) is 187 Å². The number of hydrogen-bond donors (Lipinski definition) is 15. The highest BCUT2D eigenvalue weighted by Gasteiger charge is 2.28. The Labute approximate surface area is 535 Å². The molecule has 0 bridgehead atoms. The summed E-state index contributed by atoms with van der Waals surface area (Å²) in [7, 11) is 0. The van der Waals surface area contributed by atoms with Gasteiger partial charge in [-0.2, -0.15) is 0 Å². The van der Waals surface area contributed by atoms with Crippen LogP contribution in [0.3, 0.4) is 0 Å². The maximum absolute atomic E-state index is 13.5. The van der Waals surface area contributed by atoms with Crippen LogP contribution < -0.4 is 70.0 Å². The third-order valence-corrected chi connectivity index (χ3v) is 14.3. The van der Waals surface area contributed by atoms with Crippen molar-refractivity contribution in [2.24, 2.45) is 21.8 Å². The van der Waals surface area contributed by atoms with Crippen molar-refractivity contribution in [3.63, 3.8) is 0 Å². The molecule has 0 radical (unpaired) electrons. The van der Waals surface area contributed by atoms with Gasteiger partial charge in [0, 0.05) is 71.5 Å². The van der Waals surface area contributed by atoms with Gasteiger partial charge < -0.3 is 88.7 Å². The van der Waals surface area contributed by atoms with E-state index in [0.29, 0.717) is 75.8 Å². The van der Waals surface area contributed by atoms with Crippen molar-refractivity contribution in [1.82, 2.24) is 58.5 Å². The van der Waals surface area contributed by atoms with Gasteiger partial charge in [0.05, 0.1) is 93.4 Å². The predicted molar refractivity (Wildman–Crippen MR) is 339 cm³/mol. The lowest BCUT2D eigenvalue weighted by molar-refractivity contribution is -0.129. The highest BCUT2D eigenvalue weighted by molar-refractivity contribution is 5.91. The number of ketones is 2. The number of nitrogens with one attached hydrogen (secondary N) is 11. The molecule has 9 amide bonds. The first kappa shape index (κ1) is 84.2. The molecule has 32 heteroatoms. The number of unbranched alkanes of at least 4 members (excludes halogenated alkanes) is 3. The molecule has 32 nitrogen and oxygen atoms in total. The number of carbonyl (C=O) groups is 11. The van der Waals surface area contributed by atoms with E-state index in [2.05, 4.69) is 68.8 Å². The van der Waals surface area contributed by atoms with Crippen molar-refractivity contribution in [2.75, 3.05) is 112 Å². The van der Waals surface area contributed by atoms with Crippen LogP contribution in [0.5, 0.6) is 0 Å². The normalized spacial score (nSPS) is 12.9. The van der Waals surface area contributed by atoms with Crippen LogP contribution in [0.4, 0.5) is 0 Å². The molecule has 0 unspecified atom stereocenters. The number of rotatable bonds is 58. The van der Waals surface area contributed by atoms with Crippen LogP contribution in [0.25, 0.3) is 0 Å². The summed E-state index contributed by atoms with van der Waals surface area (Å²) in [5.41, 5.74) is 10.3. The topological polar surface area (TPSA) is 474 Å². The lowest BCUT2D eigenvalue weighted by Crippen LogP contribution is -2.57. The lowest BCUT2D eigenvalue weighted by Gasteiger charge is -2.32. The van der Waals surface area contributed by atoms with Gasteiger partial charge in [0.2, 0.25) is 53.2 Å². The molecule has 0 heterocycles. The first-order valence-electron chi connectivity index (χ1n) is 31.3. The molecule has 0 aliphatic heterocycles. The molecule has 0 fully saturated rings. The number of Topliss-reactive ketones (excluding diaryl/α,β-unsaturated/α-hetero) is 2. The Kier molecular flexibility index (Phi) is 47.0. The van der Waals surface area contributed by atoms with Crippen molar-refractivity contribution in [1.29, 1.82) is 0 Å². The number of hydrogen-bond acceptors (Lipinski definition) is 23. The van der Waals surface area contributed by atoms with Gasteiger partial charge in [0.25, 0.3) is 0 Å². The zero-order chi connectivity index (χ0) is 68.5. The quantitative estimate of drug-likeness (QED) is 0.0135. The summed E-state index contributed by atoms with van der Waals surface area (Å²) in [4.78, 5) is 135. The van der Waals surface area contributed by atoms with Crippen molar-refractivity contribution >= 4 is 76.2 Å². The van der Waals surface area contributed by atoms with E-state index in [0.717, 1.165) is 0 Å². The van der Waals surface area contributed by atoms with E-state index in [1.807, 2.05) is 27.7 Å². The van der Waals surface area contributed by atoms with E-state index >= 15 is 0 Å². The maximum Gasteiger partial charge on any atom is 0.246 e. The number of oxime groups is 2. The van der Waals surface area contributed by atoms with Crippen LogP contribution in [0.2, 0.25) is 0 Å². The second kappa shape index (κ2) is 50.8. The van der Waals surface area contributed by atoms with Gasteiger partial charge in [0.1, 0.15) is 30.8 Å². The van der Waals surface area contributed by atoms with Crippen LogP contribution in [0.1, 0.15) is 152 Å². The van der Waals surface area contributed by atoms with E-state index in [1.54, 1.807) is 13.8 Å². The molecule has 0 saturated heterocycles. The number of primary amides is 2. The monoisotopic (exact) mass is 1300 g/mol. The van der Waals surface area contributed by atoms with Gasteiger partial charge in [-0.15, -0.1) is 0 Å². The van der Waals surface area contributed by atoms with Crippen LogP contribution in [-0.2, 0) is 71.7 Å². The Morgan fingerprint density at radius 3 is 1.18 bits per heavy atom. The summed E-state index contributed by atoms with van der Waals surface area (Å²) >= 11 is 0. The average molecular weight is 1300 g/mol. The van der Waals surface area contributed by atoms with Gasteiger partial charge in [-0.3, -0.25) is 63.4 Å². The van der Waals surface area contributed by atoms with Crippen LogP contribution >= 0.6 is 0 Å². The molecule has 17 N–H and O–H groups in total. The summed E-state index contributed by atoms with van der Waals surface area (Å²) in [6, 6.07) is -2.73. The Hall–Kier alpha value is -6.81. The number of ether oxygens (including phenoxy) is 4. The molecule has 522 valence electrons. The zero-order valence-corrected chi connectivity index (χ0v) is 55.0. The fraction of sp³-hybridized carbons (Fsp3) is 0.780. The minimum Gasteiger partial charge on any atom is -0.411 e. The Bertz CT molecular complexity index is 2240. The standard InChI is InChI=1S/C59H109N15O17/c1-41(75)35-67-46(55(60)83)17-9-12-25-63-53(81)39-90-33-32-89-30-28-65-54(82)40-91-34-31-88-29-27-64-50(78)21-15-20-49(77)62-24-13-11-19-48(57(85)66-26-14-10-18-47(56(61)84)68-36-42(2)76)72-52(80)23-16-22-51(79)71-45(37-69-58(5,6)43(3)73-86)38-70-59(7,8)44(4)74-87/h45-48,67-70,86-87H,9-40H2,1-8H3,(H2,60,83)(H2,61,84)(H,62,77)(H,63,81)(H,64,78)(H,65,82)(H,66,85)(H,71,79)(H,72,80)/b73-43+,74-44+/t46-,47+,48-/m0/s1. The minimum absolute atomic E-state index is 0.00535. The molecule has 91 heavy (non-hydrogen) atoms. The highest BCUT2D eigenvalue weighted by Crippen LogP contribution is 2.10. The zero-order valence-electron chi connectivity index (χ0n) is 55.0. The highest BCUT2D eigenvalue weighted by atomic mass is 16.5. The molecule has 0 aromatic carbocycles. The fourth-order valence-electron chi connectivity index (χ4n) is 8.10. The van der Waals surface area contributed by atoms with E-state index in [1.165, 1.54) is 13.8 Å². The maximum atomic E-state index is 13.5. The van der Waals surface area contributed by atoms with Crippen LogP contribution in [0.15, 0.2) is 10.3 Å². The van der Waals surface area contributed by atoms with Gasteiger partial charge in [-0.1, -0.05) is 10.3 Å². The molecule has 3 atom stereocenters. The second-order valence-electron chi connectivity index (χ2n) is 23.1. The molecule has 0 spiro atoms. The molecule has 0 rings (SSSR count). The SMILES string of the molecule is CC(=O)CN[C@@H](CCCCNC(=O)COCCOCCNC(=O)COCCOCCNC(=O)CCCC(=O)NCCCC[C@H](NC(=O)CCCC(=O)NC(CNC(C)(C)/C(C)=N/O)CNC(C)(C)/C(C)=N/O)C(=O)NCCCC[C@@H](NCC(C)=O)C(N)=O)C(N)=O. The number of nitrogens with two attached hydrogens (primary N) is 2. The van der Waals surface area contributed by atoms with Gasteiger partial charge in [-0.05, 0) is 126 Å². The third-order valence-electron chi connectivity index (χ3n) is 14.3. The van der Waals surface area contributed by atoms with Gasteiger partial charge >= 0.3 is 0 Å². The van der Waals surface area contributed by atoms with Crippen molar-refractivity contribution < 1.29 is 82.1 Å². The molecule has 0 aromatic heterocycles. The molecular formula is C59H109N15O17. The Morgan fingerprint density at radius 1 is 0.418 bits per heavy atom. The Morgan fingerprint density at radius 2 is 0.769 bits per heavy atom. The summed E-state index contributed by atoms with van der Waals surface area (Å²) in [5, 5.41) is 57.0. The first-order chi connectivity index (χ1) is 43.1. The molecule has 0 aliphatic rings. The predicted octanol–water partition coefficient (Wildman–Crippen LogP) is -2.04. The number of carbonyl (C=O) groups excluding carboxylic acids is 11. The summed E-state index contributed by atoms with van der Waals surface area (Å²) in [6.45, 7) is 16.2. The molecule has 0 saturated carbocycles. The lowest BCUT2D eigenvalue weighted by atomic mass is 9.98. The van der Waals surface area contributed by atoms with Crippen molar-refractivity contribution in [3.05, 3.63) is 0 Å². The molecular weight excluding hydrogens is 1190 g/mol. The smallest absolute Gasteiger partial charge is 0.246 e. The molecule has 0 aromatic rings. The number of amides is 9. The average Bonchev–Trinajstić information content (AvgIpc) is 3.70. The fourth-order valence-corrected chi connectivity index (χ4v) is 8.10. The van der Waals surface area contributed by atoms with E-state index in [4.69, 9.17) is 30.4 Å². The van der Waals surface area contributed by atoms with Crippen molar-refractivity contribution in [3.8, 4) is 0 Å². The summed E-state index contributed by atoms with van der Waals surface area (Å²) < 4.78 is 21.5. The van der Waals surface area contributed by atoms with Gasteiger partial charge in [0.15, 0.2) is 0 Å². The second-order valence-corrected chi connectivity index (χ2v) is 23.1. The van der Waals surface area contributed by atoms with Crippen LogP contribution in [0, 0.1) is 0 Å². The largest absolute Gasteiger partial charge is 0.411 e. The van der Waals surface area contributed by atoms with E-state index < -0.39 is 58.9 Å². The third kappa shape index (κ3) is 46.0. The summed E-state index contributed by atoms with van der Waals surface area (Å²) in [5.74, 6) is -3.76. The van der Waals surface area contributed by atoms with E-state index in [-0.39, 0.29) is 185 Å². The summed E-state index contributed by atoms with van der Waals surface area (Å²) in [6.07, 6.45) is 4.77. The van der Waals surface area contributed by atoms with Crippen LogP contribution in [-0.4, -0.2) is 234 Å².